The number of carbonyl (C=O) groups is 1. The largest absolute Gasteiger partial charge is 0.486 e. The molecule has 0 spiro atoms. The van der Waals surface area contributed by atoms with E-state index in [4.69, 9.17) is 9.47 Å². The number of ether oxygens (including phenoxy) is 2. The van der Waals surface area contributed by atoms with E-state index in [-0.39, 0.29) is 12.1 Å². The van der Waals surface area contributed by atoms with Gasteiger partial charge < -0.3 is 19.3 Å². The Morgan fingerprint density at radius 2 is 1.85 bits per heavy atom. The van der Waals surface area contributed by atoms with Gasteiger partial charge in [0.05, 0.1) is 0 Å². The lowest BCUT2D eigenvalue weighted by molar-refractivity contribution is 0.0468. The Labute approximate surface area is 155 Å². The van der Waals surface area contributed by atoms with Crippen LogP contribution in [-0.4, -0.2) is 79.8 Å². The molecule has 6 heteroatoms. The summed E-state index contributed by atoms with van der Waals surface area (Å²) in [4.78, 5) is 18.3. The first-order valence-corrected chi connectivity index (χ1v) is 9.80. The summed E-state index contributed by atoms with van der Waals surface area (Å²) in [5.74, 6) is 2.44. The monoisotopic (exact) mass is 359 g/mol. The average Bonchev–Trinajstić information content (AvgIpc) is 2.99. The van der Waals surface area contributed by atoms with Crippen LogP contribution >= 0.6 is 0 Å². The summed E-state index contributed by atoms with van der Waals surface area (Å²) in [6.07, 6.45) is 3.66. The molecular formula is C20H29N3O3. The van der Waals surface area contributed by atoms with Gasteiger partial charge in [0.1, 0.15) is 12.7 Å². The fraction of sp³-hybridized carbons (Fsp3) is 0.650. The van der Waals surface area contributed by atoms with Crippen molar-refractivity contribution in [3.63, 3.8) is 0 Å². The van der Waals surface area contributed by atoms with Gasteiger partial charge in [0, 0.05) is 33.2 Å². The molecule has 2 fully saturated rings. The number of hydrogen-bond acceptors (Lipinski definition) is 4. The summed E-state index contributed by atoms with van der Waals surface area (Å²) >= 11 is 0. The molecule has 0 aromatic heterocycles. The van der Waals surface area contributed by atoms with Crippen LogP contribution in [0.2, 0.25) is 0 Å². The van der Waals surface area contributed by atoms with E-state index in [0.717, 1.165) is 63.1 Å². The second kappa shape index (κ2) is 7.74. The van der Waals surface area contributed by atoms with Gasteiger partial charge in [-0.05, 0) is 50.4 Å². The van der Waals surface area contributed by atoms with Crippen LogP contribution in [0.25, 0.3) is 0 Å². The van der Waals surface area contributed by atoms with Crippen molar-refractivity contribution < 1.29 is 14.3 Å². The number of carbonyl (C=O) groups excluding carboxylic acids is 1. The Bertz CT molecular complexity index is 630. The minimum Gasteiger partial charge on any atom is -0.486 e. The van der Waals surface area contributed by atoms with Gasteiger partial charge in [-0.2, -0.15) is 0 Å². The topological polar surface area (TPSA) is 45.2 Å². The quantitative estimate of drug-likeness (QED) is 0.809. The van der Waals surface area contributed by atoms with Crippen molar-refractivity contribution in [2.45, 2.75) is 25.4 Å². The molecule has 0 bridgehead atoms. The number of likely N-dealkylation sites (tertiary alicyclic amines) is 1. The van der Waals surface area contributed by atoms with Crippen molar-refractivity contribution in [3.05, 3.63) is 24.3 Å². The highest BCUT2D eigenvalue weighted by Crippen LogP contribution is 2.31. The Balaban J connectivity index is 1.18. The molecule has 142 valence electrons. The Kier molecular flexibility index (Phi) is 5.20. The van der Waals surface area contributed by atoms with E-state index >= 15 is 0 Å². The molecule has 1 aromatic carbocycles. The molecule has 0 aliphatic carbocycles. The number of rotatable bonds is 5. The standard InChI is InChI=1S/C20H29N3O3/c1-21-12-13-23(20(21)24)11-8-16-6-9-22(10-7-16)14-17-15-25-18-4-2-3-5-19(18)26-17/h2-5,16-17H,6-15H2,1H3. The predicted octanol–water partition coefficient (Wildman–Crippen LogP) is 2.30. The normalized spacial score (nSPS) is 24.3. The van der Waals surface area contributed by atoms with Crippen molar-refractivity contribution in [2.24, 2.45) is 5.92 Å². The highest BCUT2D eigenvalue weighted by atomic mass is 16.6. The fourth-order valence-electron chi connectivity index (χ4n) is 4.15. The molecule has 0 N–H and O–H groups in total. The van der Waals surface area contributed by atoms with Crippen molar-refractivity contribution in [2.75, 3.05) is 52.9 Å². The number of nitrogens with zero attached hydrogens (tertiary/aromatic N) is 3. The van der Waals surface area contributed by atoms with E-state index in [1.54, 1.807) is 0 Å². The molecule has 1 unspecified atom stereocenters. The number of benzene rings is 1. The summed E-state index contributed by atoms with van der Waals surface area (Å²) in [6, 6.07) is 8.09. The lowest BCUT2D eigenvalue weighted by Crippen LogP contribution is -2.44. The second-order valence-corrected chi connectivity index (χ2v) is 7.72. The predicted molar refractivity (Wildman–Crippen MR) is 99.7 cm³/mol. The maximum absolute atomic E-state index is 12.0. The van der Waals surface area contributed by atoms with Crippen LogP contribution in [-0.2, 0) is 0 Å². The fourth-order valence-corrected chi connectivity index (χ4v) is 4.15. The maximum atomic E-state index is 12.0. The first-order chi connectivity index (χ1) is 12.7. The number of likely N-dealkylation sites (N-methyl/N-ethyl adjacent to an activating group) is 1. The van der Waals surface area contributed by atoms with Crippen LogP contribution in [0, 0.1) is 5.92 Å². The lowest BCUT2D eigenvalue weighted by atomic mass is 9.93. The maximum Gasteiger partial charge on any atom is 0.319 e. The molecular weight excluding hydrogens is 330 g/mol. The van der Waals surface area contributed by atoms with Gasteiger partial charge in [-0.3, -0.25) is 4.90 Å². The van der Waals surface area contributed by atoms with Crippen LogP contribution < -0.4 is 9.47 Å². The minimum absolute atomic E-state index is 0.110. The zero-order valence-corrected chi connectivity index (χ0v) is 15.6. The zero-order valence-electron chi connectivity index (χ0n) is 15.6. The molecule has 3 heterocycles. The van der Waals surface area contributed by atoms with Crippen LogP contribution in [0.1, 0.15) is 19.3 Å². The number of hydrogen-bond donors (Lipinski definition) is 0. The Hall–Kier alpha value is -1.95. The minimum atomic E-state index is 0.110. The van der Waals surface area contributed by atoms with E-state index in [9.17, 15) is 4.79 Å². The number of fused-ring (bicyclic) bond motifs is 1. The molecule has 6 nitrogen and oxygen atoms in total. The lowest BCUT2D eigenvalue weighted by Gasteiger charge is -2.36. The molecule has 3 aliphatic rings. The van der Waals surface area contributed by atoms with Crippen LogP contribution in [0.15, 0.2) is 24.3 Å². The number of urea groups is 1. The summed E-state index contributed by atoms with van der Waals surface area (Å²) in [7, 11) is 1.89. The second-order valence-electron chi connectivity index (χ2n) is 7.72. The number of amides is 2. The molecule has 0 saturated carbocycles. The molecule has 2 saturated heterocycles. The van der Waals surface area contributed by atoms with Crippen molar-refractivity contribution in [3.8, 4) is 11.5 Å². The molecule has 26 heavy (non-hydrogen) atoms. The van der Waals surface area contributed by atoms with Gasteiger partial charge in [-0.15, -0.1) is 0 Å². The molecule has 1 aromatic rings. The van der Waals surface area contributed by atoms with Crippen molar-refractivity contribution in [1.82, 2.24) is 14.7 Å². The van der Waals surface area contributed by atoms with E-state index in [1.807, 2.05) is 41.1 Å². The average molecular weight is 359 g/mol. The van der Waals surface area contributed by atoms with Gasteiger partial charge >= 0.3 is 6.03 Å². The van der Waals surface area contributed by atoms with Crippen LogP contribution in [0.3, 0.4) is 0 Å². The summed E-state index contributed by atoms with van der Waals surface area (Å²) in [6.45, 7) is 6.43. The third-order valence-electron chi connectivity index (χ3n) is 5.85. The third kappa shape index (κ3) is 3.90. The van der Waals surface area contributed by atoms with Crippen LogP contribution in [0.5, 0.6) is 11.5 Å². The molecule has 1 atom stereocenters. The van der Waals surface area contributed by atoms with E-state index in [1.165, 1.54) is 12.8 Å². The van der Waals surface area contributed by atoms with Crippen LogP contribution in [0.4, 0.5) is 4.79 Å². The SMILES string of the molecule is CN1CCN(CCC2CCN(CC3COc4ccccc4O3)CC2)C1=O. The van der Waals surface area contributed by atoms with Crippen molar-refractivity contribution >= 4 is 6.03 Å². The Morgan fingerprint density at radius 3 is 2.58 bits per heavy atom. The number of piperidine rings is 1. The molecule has 2 amide bonds. The first kappa shape index (κ1) is 17.5. The smallest absolute Gasteiger partial charge is 0.319 e. The highest BCUT2D eigenvalue weighted by Gasteiger charge is 2.28. The zero-order chi connectivity index (χ0) is 17.9. The molecule has 4 rings (SSSR count). The summed E-state index contributed by atoms with van der Waals surface area (Å²) < 4.78 is 11.9. The van der Waals surface area contributed by atoms with E-state index in [0.29, 0.717) is 6.61 Å². The van der Waals surface area contributed by atoms with Gasteiger partial charge in [-0.1, -0.05) is 12.1 Å². The molecule has 0 radical (unpaired) electrons. The first-order valence-electron chi connectivity index (χ1n) is 9.80. The Morgan fingerprint density at radius 1 is 1.08 bits per heavy atom. The van der Waals surface area contributed by atoms with Gasteiger partial charge in [0.2, 0.25) is 0 Å². The van der Waals surface area contributed by atoms with Gasteiger partial charge in [0.25, 0.3) is 0 Å². The highest BCUT2D eigenvalue weighted by molar-refractivity contribution is 5.76. The summed E-state index contributed by atoms with van der Waals surface area (Å²) in [5.41, 5.74) is 0. The molecule has 3 aliphatic heterocycles. The summed E-state index contributed by atoms with van der Waals surface area (Å²) in [5, 5.41) is 0. The number of para-hydroxylation sites is 2. The third-order valence-corrected chi connectivity index (χ3v) is 5.85. The van der Waals surface area contributed by atoms with Gasteiger partial charge in [-0.25, -0.2) is 4.79 Å². The van der Waals surface area contributed by atoms with Crippen molar-refractivity contribution in [1.29, 1.82) is 0 Å². The van der Waals surface area contributed by atoms with E-state index < -0.39 is 0 Å². The van der Waals surface area contributed by atoms with E-state index in [2.05, 4.69) is 4.90 Å². The van der Waals surface area contributed by atoms with Gasteiger partial charge in [0.15, 0.2) is 11.5 Å².